The van der Waals surface area contributed by atoms with Gasteiger partial charge in [-0.05, 0) is 48.5 Å². The van der Waals surface area contributed by atoms with Gasteiger partial charge in [-0.1, -0.05) is 11.3 Å². The Morgan fingerprint density at radius 2 is 1.60 bits per heavy atom. The number of hydrogen-bond donors (Lipinski definition) is 3. The smallest absolute Gasteiger partial charge is 0.267 e. The SMILES string of the molecule is CC(=O)Nc1ccc(NC(=O)c2cnc(Nc3ccc(-n4ccnc4)cc3)s2)cc1. The zero-order valence-corrected chi connectivity index (χ0v) is 16.8. The van der Waals surface area contributed by atoms with Crippen LogP contribution in [0.25, 0.3) is 5.69 Å². The largest absolute Gasteiger partial charge is 0.332 e. The fourth-order valence-electron chi connectivity index (χ4n) is 2.72. The number of aromatic nitrogens is 3. The van der Waals surface area contributed by atoms with Crippen LogP contribution in [0.15, 0.2) is 73.4 Å². The molecule has 0 aliphatic rings. The molecule has 2 amide bonds. The highest BCUT2D eigenvalue weighted by Gasteiger charge is 2.11. The van der Waals surface area contributed by atoms with Crippen LogP contribution < -0.4 is 16.0 Å². The fraction of sp³-hybridized carbons (Fsp3) is 0.0476. The molecule has 30 heavy (non-hydrogen) atoms. The third kappa shape index (κ3) is 4.70. The van der Waals surface area contributed by atoms with E-state index in [1.165, 1.54) is 24.5 Å². The standard InChI is InChI=1S/C21H18N6O2S/c1-14(28)24-15-2-4-16(5-3-15)25-20(29)19-12-23-21(30-19)26-17-6-8-18(9-7-17)27-11-10-22-13-27/h2-13H,1H3,(H,23,26)(H,24,28)(H,25,29). The molecule has 0 atom stereocenters. The maximum atomic E-state index is 12.5. The van der Waals surface area contributed by atoms with Gasteiger partial charge in [0.15, 0.2) is 5.13 Å². The van der Waals surface area contributed by atoms with Crippen LogP contribution in [-0.4, -0.2) is 26.3 Å². The summed E-state index contributed by atoms with van der Waals surface area (Å²) in [5, 5.41) is 9.33. The minimum atomic E-state index is -0.247. The van der Waals surface area contributed by atoms with Crippen molar-refractivity contribution in [2.75, 3.05) is 16.0 Å². The van der Waals surface area contributed by atoms with Crippen LogP contribution in [0.1, 0.15) is 16.6 Å². The van der Waals surface area contributed by atoms with Crippen LogP contribution in [0.4, 0.5) is 22.2 Å². The minimum Gasteiger partial charge on any atom is -0.332 e. The zero-order chi connectivity index (χ0) is 20.9. The Morgan fingerprint density at radius 1 is 0.933 bits per heavy atom. The first kappa shape index (κ1) is 19.3. The zero-order valence-electron chi connectivity index (χ0n) is 16.0. The van der Waals surface area contributed by atoms with Gasteiger partial charge >= 0.3 is 0 Å². The number of carbonyl (C=O) groups excluding carboxylic acids is 2. The van der Waals surface area contributed by atoms with E-state index >= 15 is 0 Å². The van der Waals surface area contributed by atoms with Gasteiger partial charge in [-0.15, -0.1) is 0 Å². The number of amides is 2. The molecule has 0 fully saturated rings. The Bertz CT molecular complexity index is 1150. The van der Waals surface area contributed by atoms with Gasteiger partial charge in [0.05, 0.1) is 12.5 Å². The number of thiazole rings is 1. The van der Waals surface area contributed by atoms with Crippen molar-refractivity contribution in [3.8, 4) is 5.69 Å². The van der Waals surface area contributed by atoms with Gasteiger partial charge in [-0.2, -0.15) is 0 Å². The van der Waals surface area contributed by atoms with Crippen molar-refractivity contribution in [2.24, 2.45) is 0 Å². The lowest BCUT2D eigenvalue weighted by Gasteiger charge is -2.06. The molecule has 0 spiro atoms. The highest BCUT2D eigenvalue weighted by molar-refractivity contribution is 7.17. The molecule has 2 heterocycles. The summed E-state index contributed by atoms with van der Waals surface area (Å²) in [5.41, 5.74) is 3.17. The van der Waals surface area contributed by atoms with Gasteiger partial charge in [0.25, 0.3) is 5.91 Å². The minimum absolute atomic E-state index is 0.146. The van der Waals surface area contributed by atoms with Crippen LogP contribution in [-0.2, 0) is 4.79 Å². The number of rotatable bonds is 6. The first-order valence-electron chi connectivity index (χ1n) is 9.07. The molecule has 0 aliphatic heterocycles. The number of anilines is 4. The molecular formula is C21H18N6O2S. The molecule has 2 aromatic carbocycles. The van der Waals surface area contributed by atoms with Crippen molar-refractivity contribution >= 4 is 45.3 Å². The third-order valence-electron chi connectivity index (χ3n) is 4.11. The van der Waals surface area contributed by atoms with E-state index in [9.17, 15) is 9.59 Å². The summed E-state index contributed by atoms with van der Waals surface area (Å²) in [6, 6.07) is 14.7. The summed E-state index contributed by atoms with van der Waals surface area (Å²) in [6.45, 7) is 1.44. The maximum Gasteiger partial charge on any atom is 0.267 e. The highest BCUT2D eigenvalue weighted by atomic mass is 32.1. The van der Waals surface area contributed by atoms with Crippen molar-refractivity contribution < 1.29 is 9.59 Å². The second-order valence-electron chi connectivity index (χ2n) is 6.38. The average Bonchev–Trinajstić information content (AvgIpc) is 3.42. The predicted octanol–water partition coefficient (Wildman–Crippen LogP) is 4.28. The van der Waals surface area contributed by atoms with E-state index in [-0.39, 0.29) is 11.8 Å². The fourth-order valence-corrected chi connectivity index (χ4v) is 3.45. The van der Waals surface area contributed by atoms with E-state index in [0.29, 0.717) is 21.4 Å². The molecule has 150 valence electrons. The molecule has 0 saturated heterocycles. The topological polar surface area (TPSA) is 101 Å². The first-order valence-corrected chi connectivity index (χ1v) is 9.89. The Labute approximate surface area is 176 Å². The Kier molecular flexibility index (Phi) is 5.53. The van der Waals surface area contributed by atoms with Gasteiger partial charge in [0.2, 0.25) is 5.91 Å². The summed E-state index contributed by atoms with van der Waals surface area (Å²) in [6.07, 6.45) is 6.88. The van der Waals surface area contributed by atoms with E-state index in [0.717, 1.165) is 11.4 Å². The monoisotopic (exact) mass is 418 g/mol. The van der Waals surface area contributed by atoms with Crippen LogP contribution >= 0.6 is 11.3 Å². The van der Waals surface area contributed by atoms with Gasteiger partial charge in [-0.3, -0.25) is 9.59 Å². The molecule has 2 aromatic heterocycles. The van der Waals surface area contributed by atoms with Gasteiger partial charge in [0, 0.05) is 42.1 Å². The molecule has 0 radical (unpaired) electrons. The quantitative estimate of drug-likeness (QED) is 0.434. The van der Waals surface area contributed by atoms with E-state index < -0.39 is 0 Å². The number of nitrogens with zero attached hydrogens (tertiary/aromatic N) is 3. The van der Waals surface area contributed by atoms with Gasteiger partial charge in [-0.25, -0.2) is 9.97 Å². The maximum absolute atomic E-state index is 12.5. The van der Waals surface area contributed by atoms with Crippen molar-refractivity contribution in [1.29, 1.82) is 0 Å². The molecule has 0 unspecified atom stereocenters. The van der Waals surface area contributed by atoms with Crippen LogP contribution in [0.5, 0.6) is 0 Å². The van der Waals surface area contributed by atoms with Crippen molar-refractivity contribution in [2.45, 2.75) is 6.92 Å². The number of hydrogen-bond acceptors (Lipinski definition) is 6. The summed E-state index contributed by atoms with van der Waals surface area (Å²) in [5.74, 6) is -0.392. The van der Waals surface area contributed by atoms with Crippen molar-refractivity contribution in [1.82, 2.24) is 14.5 Å². The van der Waals surface area contributed by atoms with Gasteiger partial charge in [0.1, 0.15) is 4.88 Å². The number of benzene rings is 2. The van der Waals surface area contributed by atoms with Crippen molar-refractivity contribution in [3.05, 3.63) is 78.3 Å². The summed E-state index contributed by atoms with van der Waals surface area (Å²) in [4.78, 5) is 32.3. The molecule has 0 saturated carbocycles. The lowest BCUT2D eigenvalue weighted by atomic mass is 10.2. The third-order valence-corrected chi connectivity index (χ3v) is 5.03. The normalized spacial score (nSPS) is 10.4. The van der Waals surface area contributed by atoms with E-state index in [2.05, 4.69) is 25.9 Å². The lowest BCUT2D eigenvalue weighted by Crippen LogP contribution is -2.10. The number of carbonyl (C=O) groups is 2. The van der Waals surface area contributed by atoms with Crippen LogP contribution in [0, 0.1) is 0 Å². The number of imidazole rings is 1. The molecule has 4 rings (SSSR count). The molecule has 9 heteroatoms. The molecule has 8 nitrogen and oxygen atoms in total. The summed E-state index contributed by atoms with van der Waals surface area (Å²) >= 11 is 1.26. The van der Waals surface area contributed by atoms with Crippen molar-refractivity contribution in [3.63, 3.8) is 0 Å². The average molecular weight is 418 g/mol. The molecular weight excluding hydrogens is 400 g/mol. The second kappa shape index (κ2) is 8.58. The van der Waals surface area contributed by atoms with Crippen LogP contribution in [0.2, 0.25) is 0 Å². The summed E-state index contributed by atoms with van der Waals surface area (Å²) in [7, 11) is 0. The molecule has 3 N–H and O–H groups in total. The Hall–Kier alpha value is -3.98. The lowest BCUT2D eigenvalue weighted by molar-refractivity contribution is -0.114. The van der Waals surface area contributed by atoms with Gasteiger partial charge < -0.3 is 20.5 Å². The first-order chi connectivity index (χ1) is 14.6. The molecule has 0 aliphatic carbocycles. The Balaban J connectivity index is 1.37. The predicted molar refractivity (Wildman–Crippen MR) is 118 cm³/mol. The summed E-state index contributed by atoms with van der Waals surface area (Å²) < 4.78 is 1.92. The number of nitrogens with one attached hydrogen (secondary N) is 3. The molecule has 4 aromatic rings. The highest BCUT2D eigenvalue weighted by Crippen LogP contribution is 2.24. The second-order valence-corrected chi connectivity index (χ2v) is 7.41. The van der Waals surface area contributed by atoms with E-state index in [1.54, 1.807) is 36.8 Å². The molecule has 0 bridgehead atoms. The van der Waals surface area contributed by atoms with E-state index in [1.807, 2.05) is 35.0 Å². The Morgan fingerprint density at radius 3 is 2.23 bits per heavy atom. The van der Waals surface area contributed by atoms with E-state index in [4.69, 9.17) is 0 Å². The van der Waals surface area contributed by atoms with Crippen LogP contribution in [0.3, 0.4) is 0 Å².